The van der Waals surface area contributed by atoms with Gasteiger partial charge in [-0.05, 0) is 44.2 Å². The number of nitrogens with one attached hydrogen (secondary N) is 1. The van der Waals surface area contributed by atoms with Gasteiger partial charge in [-0.1, -0.05) is 24.4 Å². The zero-order chi connectivity index (χ0) is 33.2. The highest BCUT2D eigenvalue weighted by Gasteiger charge is 2.44. The van der Waals surface area contributed by atoms with Crippen molar-refractivity contribution >= 4 is 43.8 Å². The van der Waals surface area contributed by atoms with Crippen molar-refractivity contribution in [2.75, 3.05) is 50.5 Å². The molecule has 2 aliphatic rings. The monoisotopic (exact) mass is 705 g/mol. The van der Waals surface area contributed by atoms with Crippen molar-refractivity contribution in [3.8, 4) is 11.5 Å². The fraction of sp³-hybridized carbons (Fsp3) is 0.500. The van der Waals surface area contributed by atoms with Crippen molar-refractivity contribution < 1.29 is 35.5 Å². The molecule has 0 radical (unpaired) electrons. The molecule has 1 saturated carbocycles. The minimum absolute atomic E-state index is 0.0730. The molecule has 16 heteroatoms. The summed E-state index contributed by atoms with van der Waals surface area (Å²) in [5.41, 5.74) is 0.599. The molecule has 2 aromatic carbocycles. The van der Waals surface area contributed by atoms with E-state index < -0.39 is 45.5 Å². The summed E-state index contributed by atoms with van der Waals surface area (Å²) in [4.78, 5) is 6.98. The fourth-order valence-corrected chi connectivity index (χ4v) is 8.79. The summed E-state index contributed by atoms with van der Waals surface area (Å²) in [6.07, 6.45) is -0.296. The molecule has 1 aromatic heterocycles. The van der Waals surface area contributed by atoms with Crippen molar-refractivity contribution in [2.45, 2.75) is 61.4 Å². The first kappa shape index (κ1) is 34.5. The summed E-state index contributed by atoms with van der Waals surface area (Å²) in [5.74, 6) is -0.188. The molecule has 1 aliphatic heterocycles. The Balaban J connectivity index is 1.44. The number of likely N-dealkylation sites (tertiary alicyclic amines) is 1. The van der Waals surface area contributed by atoms with Crippen LogP contribution in [0.15, 0.2) is 46.8 Å². The summed E-state index contributed by atoms with van der Waals surface area (Å²) < 4.78 is 96.6. The highest BCUT2D eigenvalue weighted by molar-refractivity contribution is 7.93. The summed E-state index contributed by atoms with van der Waals surface area (Å²) in [5, 5.41) is 4.81. The van der Waals surface area contributed by atoms with Crippen LogP contribution in [0.5, 0.6) is 11.5 Å². The SMILES string of the molecule is COc1ccc(CN(c2nccs2)S(=O)(=O)c2cc(Cl)c(NC3CCCC[C@@H]3N(CC(F)(F)F)C3CN(C)C3)cc2F)c(OC)c1. The molecule has 0 bridgehead atoms. The van der Waals surface area contributed by atoms with Crippen LogP contribution >= 0.6 is 22.9 Å². The van der Waals surface area contributed by atoms with Gasteiger partial charge in [-0.2, -0.15) is 13.2 Å². The molecule has 0 amide bonds. The van der Waals surface area contributed by atoms with E-state index in [0.717, 1.165) is 40.6 Å². The number of methoxy groups -OCH3 is 2. The standard InChI is InChI=1S/C30H36ClF4N5O4S2/c1-38-16-20(17-38)39(18-30(33,34)35)26-7-5-4-6-24(26)37-25-14-23(32)28(13-22(25)31)46(41,42)40(29-36-10-11-45-29)15-19-8-9-21(43-2)12-27(19)44-3/h8-14,20,24,26,37H,4-7,15-18H2,1-3H3/t24?,26-/m0/s1. The molecule has 9 nitrogen and oxygen atoms in total. The van der Waals surface area contributed by atoms with Gasteiger partial charge in [0, 0.05) is 54.4 Å². The third-order valence-electron chi connectivity index (χ3n) is 8.40. The first-order valence-electron chi connectivity index (χ1n) is 14.7. The Labute approximate surface area is 275 Å². The summed E-state index contributed by atoms with van der Waals surface area (Å²) >= 11 is 7.65. The van der Waals surface area contributed by atoms with Gasteiger partial charge in [0.15, 0.2) is 5.13 Å². The average molecular weight is 706 g/mol. The van der Waals surface area contributed by atoms with Crippen LogP contribution in [0.25, 0.3) is 0 Å². The quantitative estimate of drug-likeness (QED) is 0.222. The lowest BCUT2D eigenvalue weighted by atomic mass is 9.87. The number of benzene rings is 2. The maximum atomic E-state index is 15.9. The number of hydrogen-bond acceptors (Lipinski definition) is 9. The number of anilines is 2. The van der Waals surface area contributed by atoms with Crippen LogP contribution in [0, 0.1) is 5.82 Å². The lowest BCUT2D eigenvalue weighted by Crippen LogP contribution is -2.65. The van der Waals surface area contributed by atoms with E-state index in [1.807, 2.05) is 11.9 Å². The van der Waals surface area contributed by atoms with Crippen LogP contribution in [0.4, 0.5) is 28.4 Å². The maximum absolute atomic E-state index is 15.9. The number of aromatic nitrogens is 1. The van der Waals surface area contributed by atoms with Crippen molar-refractivity contribution in [3.05, 3.63) is 58.3 Å². The molecule has 1 aliphatic carbocycles. The van der Waals surface area contributed by atoms with Gasteiger partial charge in [-0.25, -0.2) is 22.1 Å². The zero-order valence-electron chi connectivity index (χ0n) is 25.6. The third kappa shape index (κ3) is 7.64. The molecule has 2 fully saturated rings. The largest absolute Gasteiger partial charge is 0.497 e. The average Bonchev–Trinajstić information content (AvgIpc) is 3.53. The number of rotatable bonds is 12. The van der Waals surface area contributed by atoms with Crippen LogP contribution in [0.2, 0.25) is 5.02 Å². The van der Waals surface area contributed by atoms with E-state index in [4.69, 9.17) is 21.1 Å². The van der Waals surface area contributed by atoms with Crippen molar-refractivity contribution in [3.63, 3.8) is 0 Å². The Bertz CT molecular complexity index is 1610. The normalized spacial score (nSPS) is 19.6. The number of sulfonamides is 1. The summed E-state index contributed by atoms with van der Waals surface area (Å²) in [6.45, 7) is -0.215. The fourth-order valence-electron chi connectivity index (χ4n) is 6.16. The van der Waals surface area contributed by atoms with Crippen molar-refractivity contribution in [1.29, 1.82) is 0 Å². The van der Waals surface area contributed by atoms with E-state index in [1.54, 1.807) is 23.6 Å². The zero-order valence-corrected chi connectivity index (χ0v) is 27.9. The van der Waals surface area contributed by atoms with Gasteiger partial charge in [0.1, 0.15) is 22.2 Å². The molecule has 252 valence electrons. The molecule has 46 heavy (non-hydrogen) atoms. The molecule has 0 spiro atoms. The third-order valence-corrected chi connectivity index (χ3v) is 11.4. The van der Waals surface area contributed by atoms with Gasteiger partial charge in [0.05, 0.1) is 38.0 Å². The van der Waals surface area contributed by atoms with Crippen molar-refractivity contribution in [2.24, 2.45) is 0 Å². The van der Waals surface area contributed by atoms with E-state index in [0.29, 0.717) is 43.0 Å². The molecule has 2 atom stereocenters. The molecular weight excluding hydrogens is 670 g/mol. The van der Waals surface area contributed by atoms with Crippen LogP contribution in [-0.2, 0) is 16.6 Å². The number of ether oxygens (including phenoxy) is 2. The molecule has 3 aromatic rings. The van der Waals surface area contributed by atoms with Crippen LogP contribution in [-0.4, -0.2) is 88.4 Å². The van der Waals surface area contributed by atoms with Crippen molar-refractivity contribution in [1.82, 2.24) is 14.8 Å². The Hall–Kier alpha value is -2.85. The minimum Gasteiger partial charge on any atom is -0.497 e. The summed E-state index contributed by atoms with van der Waals surface area (Å²) in [6, 6.07) is 5.78. The van der Waals surface area contributed by atoms with E-state index in [-0.39, 0.29) is 28.4 Å². The van der Waals surface area contributed by atoms with E-state index in [9.17, 15) is 21.6 Å². The Morgan fingerprint density at radius 3 is 2.50 bits per heavy atom. The number of halogens is 5. The lowest BCUT2D eigenvalue weighted by molar-refractivity contribution is -0.166. The molecular formula is C30H36ClF4N5O4S2. The highest BCUT2D eigenvalue weighted by atomic mass is 35.5. The number of likely N-dealkylation sites (N-methyl/N-ethyl adjacent to an activating group) is 1. The Morgan fingerprint density at radius 1 is 1.13 bits per heavy atom. The van der Waals surface area contributed by atoms with Gasteiger partial charge in [-0.15, -0.1) is 11.3 Å². The second-order valence-corrected chi connectivity index (χ2v) is 14.6. The molecule has 2 heterocycles. The Kier molecular flexibility index (Phi) is 10.6. The molecule has 1 saturated heterocycles. The minimum atomic E-state index is -4.55. The van der Waals surface area contributed by atoms with Gasteiger partial charge < -0.3 is 19.7 Å². The van der Waals surface area contributed by atoms with E-state index >= 15 is 4.39 Å². The Morgan fingerprint density at radius 2 is 1.87 bits per heavy atom. The topological polar surface area (TPSA) is 87.2 Å². The maximum Gasteiger partial charge on any atom is 0.401 e. The predicted molar refractivity (Wildman–Crippen MR) is 170 cm³/mol. The van der Waals surface area contributed by atoms with E-state index in [2.05, 4.69) is 10.3 Å². The van der Waals surface area contributed by atoms with Gasteiger partial charge in [0.25, 0.3) is 10.0 Å². The first-order valence-corrected chi connectivity index (χ1v) is 17.4. The summed E-state index contributed by atoms with van der Waals surface area (Å²) in [7, 11) is 0.240. The second-order valence-electron chi connectivity index (χ2n) is 11.5. The number of nitrogens with zero attached hydrogens (tertiary/aromatic N) is 4. The number of hydrogen-bond donors (Lipinski definition) is 1. The van der Waals surface area contributed by atoms with E-state index in [1.165, 1.54) is 25.3 Å². The van der Waals surface area contributed by atoms with Gasteiger partial charge in [-0.3, -0.25) is 4.90 Å². The molecule has 5 rings (SSSR count). The van der Waals surface area contributed by atoms with Gasteiger partial charge in [0.2, 0.25) is 0 Å². The molecule has 1 unspecified atom stereocenters. The van der Waals surface area contributed by atoms with Crippen LogP contribution in [0.1, 0.15) is 31.2 Å². The number of alkyl halides is 3. The first-order chi connectivity index (χ1) is 21.8. The van der Waals surface area contributed by atoms with Gasteiger partial charge >= 0.3 is 6.18 Å². The van der Waals surface area contributed by atoms with Crippen LogP contribution in [0.3, 0.4) is 0 Å². The lowest BCUT2D eigenvalue weighted by Gasteiger charge is -2.50. The molecule has 1 N–H and O–H groups in total. The predicted octanol–water partition coefficient (Wildman–Crippen LogP) is 6.25. The second kappa shape index (κ2) is 14.1. The number of thiazole rings is 1. The highest BCUT2D eigenvalue weighted by Crippen LogP contribution is 2.37. The smallest absolute Gasteiger partial charge is 0.401 e. The van der Waals surface area contributed by atoms with Crippen LogP contribution < -0.4 is 19.1 Å².